The third-order valence-electron chi connectivity index (χ3n) is 1.99. The van der Waals surface area contributed by atoms with Crippen LogP contribution in [0.5, 0.6) is 11.5 Å². The normalized spacial score (nSPS) is 10.6. The van der Waals surface area contributed by atoms with Crippen LogP contribution in [0, 0.1) is 0 Å². The molecule has 0 amide bonds. The van der Waals surface area contributed by atoms with Crippen molar-refractivity contribution in [2.75, 3.05) is 7.11 Å². The number of methoxy groups -OCH3 is 1. The summed E-state index contributed by atoms with van der Waals surface area (Å²) < 4.78 is 5.07. The van der Waals surface area contributed by atoms with Crippen LogP contribution in [0.25, 0.3) is 0 Å². The molecule has 1 N–H and O–H groups in total. The van der Waals surface area contributed by atoms with E-state index in [0.29, 0.717) is 5.75 Å². The smallest absolute Gasteiger partial charge is 0.122 e. The first-order valence-electron chi connectivity index (χ1n) is 4.32. The summed E-state index contributed by atoms with van der Waals surface area (Å²) in [6.07, 6.45) is 0. The van der Waals surface area contributed by atoms with E-state index in [-0.39, 0.29) is 32.9 Å². The summed E-state index contributed by atoms with van der Waals surface area (Å²) in [4.78, 5) is 0. The second-order valence-corrected chi connectivity index (χ2v) is 4.17. The molecular weight excluding hydrogens is 212 g/mol. The number of ether oxygens (including phenoxy) is 1. The van der Waals surface area contributed by atoms with Gasteiger partial charge in [-0.3, -0.25) is 0 Å². The van der Waals surface area contributed by atoms with E-state index in [0.717, 1.165) is 5.56 Å². The summed E-state index contributed by atoms with van der Waals surface area (Å²) in [5.41, 5.74) is 1.11. The average molecular weight is 228 g/mol. The quantitative estimate of drug-likeness (QED) is 0.749. The first-order chi connectivity index (χ1) is 5.93. The zero-order valence-electron chi connectivity index (χ0n) is 9.09. The van der Waals surface area contributed by atoms with Crippen molar-refractivity contribution < 1.29 is 31.6 Å². The molecule has 0 aromatic heterocycles. The molecule has 2 nitrogen and oxygen atoms in total. The molecule has 0 aliphatic rings. The largest absolute Gasteiger partial charge is 0.508 e. The van der Waals surface area contributed by atoms with Gasteiger partial charge in [-0.15, -0.1) is 0 Å². The molecule has 0 spiro atoms. The number of phenolic OH excluding ortho intramolecular Hbond substituents is 1. The second-order valence-electron chi connectivity index (χ2n) is 4.17. The molecule has 0 bridgehead atoms. The predicted molar refractivity (Wildman–Crippen MR) is 53.4 cm³/mol. The fourth-order valence-electron chi connectivity index (χ4n) is 1.13. The summed E-state index contributed by atoms with van der Waals surface area (Å²) in [5.74, 6) is 0.953. The SMILES string of the molecule is COc1cc(O)cc(C(C)(C)C)c1.[Ti]. The van der Waals surface area contributed by atoms with Crippen molar-refractivity contribution in [2.24, 2.45) is 0 Å². The van der Waals surface area contributed by atoms with E-state index < -0.39 is 0 Å². The van der Waals surface area contributed by atoms with Crippen molar-refractivity contribution in [3.63, 3.8) is 0 Å². The summed E-state index contributed by atoms with van der Waals surface area (Å²) in [5, 5.41) is 9.41. The molecule has 0 radical (unpaired) electrons. The Labute approximate surface area is 100 Å². The predicted octanol–water partition coefficient (Wildman–Crippen LogP) is 2.70. The Balaban J connectivity index is 0.00000169. The van der Waals surface area contributed by atoms with E-state index in [9.17, 15) is 5.11 Å². The number of hydrogen-bond donors (Lipinski definition) is 1. The van der Waals surface area contributed by atoms with Crippen LogP contribution in [0.3, 0.4) is 0 Å². The fraction of sp³-hybridized carbons (Fsp3) is 0.455. The number of rotatable bonds is 1. The third-order valence-corrected chi connectivity index (χ3v) is 1.99. The third kappa shape index (κ3) is 3.35. The van der Waals surface area contributed by atoms with Gasteiger partial charge in [0.1, 0.15) is 11.5 Å². The Morgan fingerprint density at radius 2 is 1.71 bits per heavy atom. The van der Waals surface area contributed by atoms with Gasteiger partial charge in [0.2, 0.25) is 0 Å². The van der Waals surface area contributed by atoms with E-state index in [2.05, 4.69) is 20.8 Å². The summed E-state index contributed by atoms with van der Waals surface area (Å²) in [6.45, 7) is 6.30. The van der Waals surface area contributed by atoms with Crippen LogP contribution in [0.15, 0.2) is 18.2 Å². The maximum atomic E-state index is 9.41. The molecule has 3 heteroatoms. The van der Waals surface area contributed by atoms with Gasteiger partial charge < -0.3 is 9.84 Å². The molecule has 0 heterocycles. The molecule has 1 aromatic rings. The van der Waals surface area contributed by atoms with Crippen LogP contribution in [-0.4, -0.2) is 12.2 Å². The maximum absolute atomic E-state index is 9.41. The van der Waals surface area contributed by atoms with Crippen LogP contribution >= 0.6 is 0 Å². The Morgan fingerprint density at radius 3 is 2.14 bits per heavy atom. The summed E-state index contributed by atoms with van der Waals surface area (Å²) >= 11 is 0. The van der Waals surface area contributed by atoms with E-state index in [1.807, 2.05) is 6.07 Å². The topological polar surface area (TPSA) is 29.5 Å². The van der Waals surface area contributed by atoms with Crippen molar-refractivity contribution in [3.8, 4) is 11.5 Å². The van der Waals surface area contributed by atoms with Crippen molar-refractivity contribution in [2.45, 2.75) is 26.2 Å². The van der Waals surface area contributed by atoms with E-state index in [1.165, 1.54) is 0 Å². The number of benzene rings is 1. The van der Waals surface area contributed by atoms with Gasteiger partial charge in [0.15, 0.2) is 0 Å². The van der Waals surface area contributed by atoms with Crippen LogP contribution in [0.4, 0.5) is 0 Å². The monoisotopic (exact) mass is 228 g/mol. The van der Waals surface area contributed by atoms with Gasteiger partial charge in [-0.05, 0) is 23.1 Å². The fourth-order valence-corrected chi connectivity index (χ4v) is 1.13. The molecule has 0 fully saturated rings. The second kappa shape index (κ2) is 4.85. The molecule has 14 heavy (non-hydrogen) atoms. The Bertz CT molecular complexity index is 303. The minimum atomic E-state index is 0. The zero-order chi connectivity index (χ0) is 10.1. The van der Waals surface area contributed by atoms with Gasteiger partial charge in [-0.2, -0.15) is 0 Å². The Morgan fingerprint density at radius 1 is 1.14 bits per heavy atom. The van der Waals surface area contributed by atoms with Crippen molar-refractivity contribution in [3.05, 3.63) is 23.8 Å². The Kier molecular flexibility index (Phi) is 4.69. The molecule has 0 unspecified atom stereocenters. The number of hydrogen-bond acceptors (Lipinski definition) is 2. The molecule has 1 rings (SSSR count). The Hall–Kier alpha value is -0.466. The minimum Gasteiger partial charge on any atom is -0.508 e. The van der Waals surface area contributed by atoms with Gasteiger partial charge in [0.05, 0.1) is 7.11 Å². The van der Waals surface area contributed by atoms with Gasteiger partial charge in [0.25, 0.3) is 0 Å². The molecule has 0 saturated carbocycles. The van der Waals surface area contributed by atoms with Crippen molar-refractivity contribution in [1.29, 1.82) is 0 Å². The van der Waals surface area contributed by atoms with Gasteiger partial charge in [-0.1, -0.05) is 20.8 Å². The molecule has 0 saturated heterocycles. The maximum Gasteiger partial charge on any atom is 0.122 e. The minimum absolute atomic E-state index is 0. The molecule has 0 aliphatic carbocycles. The van der Waals surface area contributed by atoms with E-state index >= 15 is 0 Å². The zero-order valence-corrected chi connectivity index (χ0v) is 10.6. The van der Waals surface area contributed by atoms with Crippen molar-refractivity contribution in [1.82, 2.24) is 0 Å². The van der Waals surface area contributed by atoms with Crippen molar-refractivity contribution >= 4 is 0 Å². The first kappa shape index (κ1) is 13.5. The molecule has 0 atom stereocenters. The first-order valence-corrected chi connectivity index (χ1v) is 4.32. The van der Waals surface area contributed by atoms with Crippen LogP contribution in [-0.2, 0) is 27.1 Å². The molecule has 1 aromatic carbocycles. The van der Waals surface area contributed by atoms with E-state index in [4.69, 9.17) is 4.74 Å². The molecular formula is C11H16O2Ti. The van der Waals surface area contributed by atoms with Crippen LogP contribution in [0.1, 0.15) is 26.3 Å². The average Bonchev–Trinajstić information content (AvgIpc) is 2.01. The van der Waals surface area contributed by atoms with Gasteiger partial charge >= 0.3 is 0 Å². The number of phenols is 1. The van der Waals surface area contributed by atoms with Crippen LogP contribution in [0.2, 0.25) is 0 Å². The summed E-state index contributed by atoms with van der Waals surface area (Å²) in [7, 11) is 1.60. The van der Waals surface area contributed by atoms with Crippen LogP contribution < -0.4 is 4.74 Å². The summed E-state index contributed by atoms with van der Waals surface area (Å²) in [6, 6.07) is 5.32. The molecule has 76 valence electrons. The standard InChI is InChI=1S/C11H16O2.Ti/c1-11(2,3)8-5-9(12)7-10(6-8)13-4;/h5-7,12H,1-4H3;. The van der Waals surface area contributed by atoms with E-state index in [1.54, 1.807) is 19.2 Å². The van der Waals surface area contributed by atoms with Gasteiger partial charge in [-0.25, -0.2) is 0 Å². The van der Waals surface area contributed by atoms with Gasteiger partial charge in [0, 0.05) is 27.8 Å². The number of aromatic hydroxyl groups is 1. The molecule has 0 aliphatic heterocycles.